The van der Waals surface area contributed by atoms with Gasteiger partial charge in [-0.3, -0.25) is 0 Å². The molecule has 4 nitrogen and oxygen atoms in total. The molecule has 0 saturated carbocycles. The van der Waals surface area contributed by atoms with Crippen molar-refractivity contribution in [2.75, 3.05) is 18.1 Å². The van der Waals surface area contributed by atoms with E-state index in [1.165, 1.54) is 0 Å². The molecule has 0 aliphatic carbocycles. The van der Waals surface area contributed by atoms with E-state index < -0.39 is 9.84 Å². The first-order valence-electron chi connectivity index (χ1n) is 4.78. The summed E-state index contributed by atoms with van der Waals surface area (Å²) < 4.78 is 23.4. The maximum atomic E-state index is 11.7. The van der Waals surface area contributed by atoms with Gasteiger partial charge in [0.15, 0.2) is 9.84 Å². The molecule has 84 valence electrons. The van der Waals surface area contributed by atoms with E-state index in [-0.39, 0.29) is 5.75 Å². The Morgan fingerprint density at radius 3 is 2.53 bits per heavy atom. The molecule has 0 aromatic heterocycles. The molecule has 0 aliphatic rings. The van der Waals surface area contributed by atoms with Gasteiger partial charge < -0.3 is 11.1 Å². The van der Waals surface area contributed by atoms with Crippen LogP contribution in [0.15, 0.2) is 23.1 Å². The van der Waals surface area contributed by atoms with Crippen molar-refractivity contribution in [3.05, 3.63) is 23.8 Å². The van der Waals surface area contributed by atoms with Crippen LogP contribution >= 0.6 is 0 Å². The van der Waals surface area contributed by atoms with Gasteiger partial charge in [0.2, 0.25) is 0 Å². The van der Waals surface area contributed by atoms with Crippen LogP contribution in [0.2, 0.25) is 0 Å². The lowest BCUT2D eigenvalue weighted by Gasteiger charge is -2.10. The van der Waals surface area contributed by atoms with Crippen molar-refractivity contribution in [1.82, 2.24) is 0 Å². The van der Waals surface area contributed by atoms with E-state index in [2.05, 4.69) is 5.32 Å². The number of anilines is 1. The molecule has 0 heterocycles. The third kappa shape index (κ3) is 2.49. The molecule has 0 saturated heterocycles. The number of rotatable bonds is 4. The average molecular weight is 228 g/mol. The SMILES string of the molecule is CCS(=O)(=O)c1ccc(CN)cc1NC. The molecule has 1 aromatic rings. The molecule has 5 heteroatoms. The van der Waals surface area contributed by atoms with Crippen LogP contribution in [0.1, 0.15) is 12.5 Å². The highest BCUT2D eigenvalue weighted by atomic mass is 32.2. The Morgan fingerprint density at radius 2 is 2.07 bits per heavy atom. The Labute approximate surface area is 90.4 Å². The van der Waals surface area contributed by atoms with Crippen LogP contribution in [0.5, 0.6) is 0 Å². The topological polar surface area (TPSA) is 72.2 Å². The predicted molar refractivity (Wildman–Crippen MR) is 61.6 cm³/mol. The first-order valence-corrected chi connectivity index (χ1v) is 6.44. The summed E-state index contributed by atoms with van der Waals surface area (Å²) in [6, 6.07) is 5.11. The van der Waals surface area contributed by atoms with Crippen molar-refractivity contribution in [1.29, 1.82) is 0 Å². The molecular formula is C10H16N2O2S. The summed E-state index contributed by atoms with van der Waals surface area (Å²) in [6.07, 6.45) is 0. The minimum atomic E-state index is -3.17. The van der Waals surface area contributed by atoms with Crippen molar-refractivity contribution >= 4 is 15.5 Å². The fourth-order valence-electron chi connectivity index (χ4n) is 1.33. The van der Waals surface area contributed by atoms with Crippen molar-refractivity contribution in [2.24, 2.45) is 5.73 Å². The Hall–Kier alpha value is -1.07. The molecule has 0 radical (unpaired) electrons. The van der Waals surface area contributed by atoms with Crippen molar-refractivity contribution in [2.45, 2.75) is 18.4 Å². The monoisotopic (exact) mass is 228 g/mol. The Kier molecular flexibility index (Phi) is 3.71. The van der Waals surface area contributed by atoms with Crippen LogP contribution < -0.4 is 11.1 Å². The van der Waals surface area contributed by atoms with Crippen LogP contribution in [0, 0.1) is 0 Å². The summed E-state index contributed by atoms with van der Waals surface area (Å²) in [6.45, 7) is 2.03. The van der Waals surface area contributed by atoms with Gasteiger partial charge >= 0.3 is 0 Å². The maximum Gasteiger partial charge on any atom is 0.180 e. The minimum Gasteiger partial charge on any atom is -0.387 e. The van der Waals surface area contributed by atoms with Gasteiger partial charge in [-0.15, -0.1) is 0 Å². The second-order valence-corrected chi connectivity index (χ2v) is 5.43. The molecule has 0 spiro atoms. The van der Waals surface area contributed by atoms with Crippen molar-refractivity contribution in [3.8, 4) is 0 Å². The number of hydrogen-bond donors (Lipinski definition) is 2. The summed E-state index contributed by atoms with van der Waals surface area (Å²) in [7, 11) is -1.47. The Balaban J connectivity index is 3.31. The van der Waals surface area contributed by atoms with E-state index in [4.69, 9.17) is 5.73 Å². The largest absolute Gasteiger partial charge is 0.387 e. The van der Waals surface area contributed by atoms with E-state index >= 15 is 0 Å². The molecule has 15 heavy (non-hydrogen) atoms. The zero-order valence-electron chi connectivity index (χ0n) is 8.95. The molecule has 0 fully saturated rings. The van der Waals surface area contributed by atoms with Gasteiger partial charge in [0.05, 0.1) is 16.3 Å². The standard InChI is InChI=1S/C10H16N2O2S/c1-3-15(13,14)10-5-4-8(7-11)6-9(10)12-2/h4-6,12H,3,7,11H2,1-2H3. The van der Waals surface area contributed by atoms with Crippen LogP contribution in [0.25, 0.3) is 0 Å². The van der Waals surface area contributed by atoms with Gasteiger partial charge in [0.1, 0.15) is 0 Å². The lowest BCUT2D eigenvalue weighted by Crippen LogP contribution is -2.08. The molecule has 0 amide bonds. The number of nitrogens with one attached hydrogen (secondary N) is 1. The quantitative estimate of drug-likeness (QED) is 0.805. The summed E-state index contributed by atoms with van der Waals surface area (Å²) in [5, 5.41) is 2.88. The minimum absolute atomic E-state index is 0.101. The van der Waals surface area contributed by atoms with Crippen molar-refractivity contribution < 1.29 is 8.42 Å². The highest BCUT2D eigenvalue weighted by molar-refractivity contribution is 7.91. The van der Waals surface area contributed by atoms with E-state index in [0.717, 1.165) is 5.56 Å². The van der Waals surface area contributed by atoms with Crippen LogP contribution in [0.3, 0.4) is 0 Å². The summed E-state index contributed by atoms with van der Waals surface area (Å²) >= 11 is 0. The summed E-state index contributed by atoms with van der Waals surface area (Å²) in [4.78, 5) is 0.338. The van der Waals surface area contributed by atoms with Gasteiger partial charge in [-0.1, -0.05) is 13.0 Å². The van der Waals surface area contributed by atoms with E-state index in [0.29, 0.717) is 17.1 Å². The highest BCUT2D eigenvalue weighted by Crippen LogP contribution is 2.23. The second-order valence-electron chi connectivity index (χ2n) is 3.19. The molecular weight excluding hydrogens is 212 g/mol. The van der Waals surface area contributed by atoms with Gasteiger partial charge in [-0.2, -0.15) is 0 Å². The van der Waals surface area contributed by atoms with E-state index in [9.17, 15) is 8.42 Å². The zero-order chi connectivity index (χ0) is 11.5. The lowest BCUT2D eigenvalue weighted by atomic mass is 10.2. The third-order valence-corrected chi connectivity index (χ3v) is 4.05. The molecule has 1 aromatic carbocycles. The highest BCUT2D eigenvalue weighted by Gasteiger charge is 2.15. The molecule has 0 unspecified atom stereocenters. The molecule has 0 bridgehead atoms. The molecule has 3 N–H and O–H groups in total. The van der Waals surface area contributed by atoms with Crippen molar-refractivity contribution in [3.63, 3.8) is 0 Å². The normalized spacial score (nSPS) is 11.4. The first kappa shape index (κ1) is 12.0. The fraction of sp³-hybridized carbons (Fsp3) is 0.400. The van der Waals surface area contributed by atoms with Gasteiger partial charge in [0, 0.05) is 13.6 Å². The van der Waals surface area contributed by atoms with E-state index in [1.54, 1.807) is 32.2 Å². The lowest BCUT2D eigenvalue weighted by molar-refractivity contribution is 0.597. The number of sulfone groups is 1. The van der Waals surface area contributed by atoms with Gasteiger partial charge in [-0.05, 0) is 17.7 Å². The Bertz CT molecular complexity index is 441. The summed E-state index contributed by atoms with van der Waals surface area (Å²) in [5.41, 5.74) is 7.01. The van der Waals surface area contributed by atoms with Gasteiger partial charge in [-0.25, -0.2) is 8.42 Å². The average Bonchev–Trinajstić information content (AvgIpc) is 2.28. The zero-order valence-corrected chi connectivity index (χ0v) is 9.76. The number of benzene rings is 1. The second kappa shape index (κ2) is 4.63. The summed E-state index contributed by atoms with van der Waals surface area (Å²) in [5.74, 6) is 0.101. The third-order valence-electron chi connectivity index (χ3n) is 2.26. The fourth-order valence-corrected chi connectivity index (χ4v) is 2.41. The predicted octanol–water partition coefficient (Wildman–Crippen LogP) is 0.981. The Morgan fingerprint density at radius 1 is 1.40 bits per heavy atom. The maximum absolute atomic E-state index is 11.7. The smallest absolute Gasteiger partial charge is 0.180 e. The van der Waals surface area contributed by atoms with Crippen LogP contribution in [0.4, 0.5) is 5.69 Å². The van der Waals surface area contributed by atoms with Gasteiger partial charge in [0.25, 0.3) is 0 Å². The first-order chi connectivity index (χ1) is 7.05. The molecule has 1 rings (SSSR count). The van der Waals surface area contributed by atoms with Crippen LogP contribution in [-0.2, 0) is 16.4 Å². The van der Waals surface area contributed by atoms with E-state index in [1.807, 2.05) is 0 Å². The number of nitrogens with two attached hydrogens (primary N) is 1. The van der Waals surface area contributed by atoms with Crippen LogP contribution in [-0.4, -0.2) is 21.2 Å². The molecule has 0 aliphatic heterocycles. The molecule has 0 atom stereocenters. The number of hydrogen-bond acceptors (Lipinski definition) is 4.